The van der Waals surface area contributed by atoms with Crippen LogP contribution in [0.5, 0.6) is 17.2 Å². The summed E-state index contributed by atoms with van der Waals surface area (Å²) in [6.07, 6.45) is 0.325. The lowest BCUT2D eigenvalue weighted by Gasteiger charge is -2.38. The molecule has 0 radical (unpaired) electrons. The van der Waals surface area contributed by atoms with Crippen LogP contribution in [0.1, 0.15) is 35.4 Å². The Bertz CT molecular complexity index is 1160. The summed E-state index contributed by atoms with van der Waals surface area (Å²) in [5.41, 5.74) is 3.96. The number of fused-ring (bicyclic) bond motifs is 3. The van der Waals surface area contributed by atoms with E-state index in [1.54, 1.807) is 14.2 Å². The number of hydrogen-bond acceptors (Lipinski definition) is 5. The van der Waals surface area contributed by atoms with E-state index < -0.39 is 6.23 Å². The molecule has 0 aliphatic carbocycles. The highest BCUT2D eigenvalue weighted by Crippen LogP contribution is 2.49. The molecule has 0 aromatic heterocycles. The van der Waals surface area contributed by atoms with Crippen LogP contribution in [-0.4, -0.2) is 24.9 Å². The first-order valence-electron chi connectivity index (χ1n) is 9.87. The number of hydrogen-bond donors (Lipinski definition) is 0. The number of rotatable bonds is 4. The van der Waals surface area contributed by atoms with Gasteiger partial charge in [0.1, 0.15) is 5.75 Å². The first-order valence-corrected chi connectivity index (χ1v) is 10.6. The molecule has 0 fully saturated rings. The normalized spacial score (nSPS) is 19.2. The van der Waals surface area contributed by atoms with Gasteiger partial charge in [-0.3, -0.25) is 0 Å². The Hall–Kier alpha value is -2.89. The lowest BCUT2D eigenvalue weighted by Crippen LogP contribution is -2.33. The van der Waals surface area contributed by atoms with E-state index in [4.69, 9.17) is 42.5 Å². The number of ether oxygens (including phenoxy) is 3. The highest BCUT2D eigenvalue weighted by Gasteiger charge is 2.41. The van der Waals surface area contributed by atoms with Gasteiger partial charge in [-0.2, -0.15) is 5.10 Å². The third kappa shape index (κ3) is 3.58. The minimum Gasteiger partial charge on any atom is -0.493 e. The van der Waals surface area contributed by atoms with Crippen LogP contribution in [0, 0.1) is 0 Å². The molecule has 0 unspecified atom stereocenters. The second-order valence-corrected chi connectivity index (χ2v) is 8.29. The number of nitrogens with zero attached hydrogens (tertiary/aromatic N) is 2. The van der Waals surface area contributed by atoms with Crippen LogP contribution in [0.4, 0.5) is 0 Å². The van der Waals surface area contributed by atoms with Crippen LogP contribution in [0.15, 0.2) is 65.8 Å². The highest BCUT2D eigenvalue weighted by atomic mass is 35.5. The van der Waals surface area contributed by atoms with E-state index in [-0.39, 0.29) is 6.04 Å². The summed E-state index contributed by atoms with van der Waals surface area (Å²) >= 11 is 12.4. The quantitative estimate of drug-likeness (QED) is 0.466. The molecule has 0 N–H and O–H groups in total. The zero-order valence-electron chi connectivity index (χ0n) is 17.0. The van der Waals surface area contributed by atoms with E-state index in [1.807, 2.05) is 65.7 Å². The van der Waals surface area contributed by atoms with Crippen molar-refractivity contribution in [3.05, 3.63) is 87.4 Å². The van der Waals surface area contributed by atoms with Crippen molar-refractivity contribution in [1.82, 2.24) is 5.01 Å². The van der Waals surface area contributed by atoms with Crippen molar-refractivity contribution in [2.75, 3.05) is 14.2 Å². The Kier molecular flexibility index (Phi) is 5.16. The van der Waals surface area contributed by atoms with Gasteiger partial charge >= 0.3 is 0 Å². The third-order valence-corrected chi connectivity index (χ3v) is 6.11. The van der Waals surface area contributed by atoms with E-state index in [1.165, 1.54) is 0 Å². The fourth-order valence-corrected chi connectivity index (χ4v) is 4.41. The molecular weight excluding hydrogens is 435 g/mol. The molecule has 0 saturated carbocycles. The highest BCUT2D eigenvalue weighted by molar-refractivity contribution is 6.31. The summed E-state index contributed by atoms with van der Waals surface area (Å²) in [6.45, 7) is 0. The largest absolute Gasteiger partial charge is 0.493 e. The lowest BCUT2D eigenvalue weighted by molar-refractivity contribution is -0.0191. The summed E-state index contributed by atoms with van der Waals surface area (Å²) in [5.74, 6) is 2.11. The van der Waals surface area contributed by atoms with Crippen LogP contribution < -0.4 is 14.2 Å². The predicted molar refractivity (Wildman–Crippen MR) is 122 cm³/mol. The molecule has 158 valence electrons. The predicted octanol–water partition coefficient (Wildman–Crippen LogP) is 6.25. The van der Waals surface area contributed by atoms with Crippen LogP contribution in [-0.2, 0) is 0 Å². The molecular formula is C24H20Cl2N2O3. The van der Waals surface area contributed by atoms with Gasteiger partial charge in [-0.25, -0.2) is 5.01 Å². The average molecular weight is 455 g/mol. The molecule has 2 atom stereocenters. The zero-order chi connectivity index (χ0) is 21.5. The Labute approximate surface area is 190 Å². The van der Waals surface area contributed by atoms with Crippen LogP contribution >= 0.6 is 23.2 Å². The second-order valence-electron chi connectivity index (χ2n) is 7.42. The molecule has 0 saturated heterocycles. The second kappa shape index (κ2) is 7.98. The fraction of sp³-hybridized carbons (Fsp3) is 0.208. The van der Waals surface area contributed by atoms with Gasteiger partial charge in [0.15, 0.2) is 11.5 Å². The number of hydrazone groups is 1. The van der Waals surface area contributed by atoms with E-state index in [0.717, 1.165) is 34.6 Å². The number of methoxy groups -OCH3 is 2. The molecule has 7 heteroatoms. The monoisotopic (exact) mass is 454 g/mol. The van der Waals surface area contributed by atoms with Crippen LogP contribution in [0.3, 0.4) is 0 Å². The number of halogens is 2. The van der Waals surface area contributed by atoms with E-state index in [2.05, 4.69) is 0 Å². The molecule has 2 aliphatic rings. The van der Waals surface area contributed by atoms with Crippen LogP contribution in [0.25, 0.3) is 0 Å². The summed E-state index contributed by atoms with van der Waals surface area (Å²) in [4.78, 5) is 0. The van der Waals surface area contributed by atoms with E-state index in [9.17, 15) is 0 Å². The van der Waals surface area contributed by atoms with Crippen molar-refractivity contribution < 1.29 is 14.2 Å². The van der Waals surface area contributed by atoms with Gasteiger partial charge in [0, 0.05) is 27.6 Å². The van der Waals surface area contributed by atoms with Crippen LogP contribution in [0.2, 0.25) is 10.0 Å². The maximum Gasteiger partial charge on any atom is 0.214 e. The molecule has 5 nitrogen and oxygen atoms in total. The smallest absolute Gasteiger partial charge is 0.214 e. The van der Waals surface area contributed by atoms with Gasteiger partial charge in [-0.05, 0) is 54.1 Å². The SMILES string of the molecule is COc1ccc([C@H]2Oc3ccc(Cl)cc3[C@@H]3CC(c4ccc(Cl)cc4)=NN23)cc1OC. The van der Waals surface area contributed by atoms with Crippen molar-refractivity contribution in [3.63, 3.8) is 0 Å². The summed E-state index contributed by atoms with van der Waals surface area (Å²) in [7, 11) is 3.24. The molecule has 2 aliphatic heterocycles. The maximum atomic E-state index is 6.41. The fourth-order valence-electron chi connectivity index (χ4n) is 4.10. The molecule has 3 aromatic rings. The van der Waals surface area contributed by atoms with Gasteiger partial charge in [0.05, 0.1) is 26.0 Å². The van der Waals surface area contributed by atoms with Crippen molar-refractivity contribution in [1.29, 1.82) is 0 Å². The molecule has 2 heterocycles. The van der Waals surface area contributed by atoms with Gasteiger partial charge < -0.3 is 14.2 Å². The van der Waals surface area contributed by atoms with Gasteiger partial charge in [-0.1, -0.05) is 35.3 Å². The molecule has 5 rings (SSSR count). The Balaban J connectivity index is 1.60. The molecule has 0 bridgehead atoms. The molecule has 0 amide bonds. The topological polar surface area (TPSA) is 43.3 Å². The molecule has 0 spiro atoms. The van der Waals surface area contributed by atoms with Gasteiger partial charge in [-0.15, -0.1) is 0 Å². The molecule has 3 aromatic carbocycles. The minimum atomic E-state index is -0.414. The Morgan fingerprint density at radius 2 is 1.65 bits per heavy atom. The lowest BCUT2D eigenvalue weighted by atomic mass is 9.96. The summed E-state index contributed by atoms with van der Waals surface area (Å²) in [5, 5.41) is 8.34. The first kappa shape index (κ1) is 20.0. The van der Waals surface area contributed by atoms with Crippen molar-refractivity contribution in [2.45, 2.75) is 18.7 Å². The average Bonchev–Trinajstić information content (AvgIpc) is 3.24. The van der Waals surface area contributed by atoms with Crippen molar-refractivity contribution in [3.8, 4) is 17.2 Å². The van der Waals surface area contributed by atoms with E-state index in [0.29, 0.717) is 21.5 Å². The first-order chi connectivity index (χ1) is 15.1. The van der Waals surface area contributed by atoms with Gasteiger partial charge in [0.25, 0.3) is 0 Å². The Morgan fingerprint density at radius 1 is 0.903 bits per heavy atom. The van der Waals surface area contributed by atoms with Crippen molar-refractivity contribution in [2.24, 2.45) is 5.10 Å². The third-order valence-electron chi connectivity index (χ3n) is 5.62. The minimum absolute atomic E-state index is 0.00576. The summed E-state index contributed by atoms with van der Waals surface area (Å²) < 4.78 is 17.3. The zero-order valence-corrected chi connectivity index (χ0v) is 18.5. The maximum absolute atomic E-state index is 6.41. The molecule has 31 heavy (non-hydrogen) atoms. The summed E-state index contributed by atoms with van der Waals surface area (Å²) in [6, 6.07) is 19.2. The Morgan fingerprint density at radius 3 is 2.39 bits per heavy atom. The van der Waals surface area contributed by atoms with Crippen molar-refractivity contribution >= 4 is 28.9 Å². The number of benzene rings is 3. The van der Waals surface area contributed by atoms with E-state index >= 15 is 0 Å². The van der Waals surface area contributed by atoms with Gasteiger partial charge in [0.2, 0.25) is 6.23 Å². The standard InChI is InChI=1S/C24H20Cl2N2O3/c1-29-22-9-5-15(11-23(22)30-2)24-28-20(18-12-17(26)8-10-21(18)31-24)13-19(27-28)14-3-6-16(25)7-4-14/h3-12,20,24H,13H2,1-2H3/t20-,24+/m0/s1.